The van der Waals surface area contributed by atoms with Gasteiger partial charge in [0.1, 0.15) is 0 Å². The van der Waals surface area contributed by atoms with Crippen LogP contribution >= 0.6 is 0 Å². The number of carbonyl (C=O) groups is 1. The Morgan fingerprint density at radius 1 is 1.45 bits per heavy atom. The molecule has 110 valence electrons. The van der Waals surface area contributed by atoms with E-state index in [0.717, 1.165) is 31.7 Å². The fourth-order valence-corrected chi connectivity index (χ4v) is 2.89. The quantitative estimate of drug-likeness (QED) is 0.842. The van der Waals surface area contributed by atoms with Gasteiger partial charge in [0.05, 0.1) is 6.54 Å². The summed E-state index contributed by atoms with van der Waals surface area (Å²) >= 11 is 0. The number of piperidine rings is 1. The summed E-state index contributed by atoms with van der Waals surface area (Å²) < 4.78 is 0. The molecule has 0 saturated carbocycles. The Morgan fingerprint density at radius 2 is 2.25 bits per heavy atom. The maximum absolute atomic E-state index is 12.5. The second-order valence-electron chi connectivity index (χ2n) is 5.94. The van der Waals surface area contributed by atoms with Crippen molar-refractivity contribution in [3.05, 3.63) is 29.8 Å². The van der Waals surface area contributed by atoms with Crippen LogP contribution in [0, 0.1) is 12.8 Å². The predicted octanol–water partition coefficient (Wildman–Crippen LogP) is 3.08. The van der Waals surface area contributed by atoms with Gasteiger partial charge in [0, 0.05) is 25.3 Å². The number of benzene rings is 1. The molecule has 0 spiro atoms. The van der Waals surface area contributed by atoms with Crippen LogP contribution in [0.25, 0.3) is 0 Å². The minimum atomic E-state index is 0.264. The Hall–Kier alpha value is -1.51. The van der Waals surface area contributed by atoms with Gasteiger partial charge >= 0.3 is 0 Å². The molecule has 1 aromatic carbocycles. The minimum absolute atomic E-state index is 0.264. The lowest BCUT2D eigenvalue weighted by Crippen LogP contribution is -2.44. The second kappa shape index (κ2) is 6.78. The Balaban J connectivity index is 2.00. The molecule has 1 atom stereocenters. The fraction of sp³-hybridized carbons (Fsp3) is 0.588. The van der Waals surface area contributed by atoms with Crippen LogP contribution in [0.4, 0.5) is 5.69 Å². The van der Waals surface area contributed by atoms with E-state index in [1.165, 1.54) is 12.0 Å². The topological polar surface area (TPSA) is 23.6 Å². The van der Waals surface area contributed by atoms with Crippen molar-refractivity contribution in [3.63, 3.8) is 0 Å². The van der Waals surface area contributed by atoms with Crippen molar-refractivity contribution in [2.75, 3.05) is 31.1 Å². The molecular formula is C17H26N2O. The smallest absolute Gasteiger partial charge is 0.242 e. The van der Waals surface area contributed by atoms with E-state index in [1.54, 1.807) is 0 Å². The standard InChI is InChI=1S/C17H26N2O/c1-4-18(16-9-5-7-14(2)11-16)13-17(20)19-10-6-8-15(3)12-19/h5,7,9,11,15H,4,6,8,10,12-13H2,1-3H3. The Morgan fingerprint density at radius 3 is 2.90 bits per heavy atom. The highest BCUT2D eigenvalue weighted by atomic mass is 16.2. The van der Waals surface area contributed by atoms with Gasteiger partial charge in [-0.15, -0.1) is 0 Å². The molecule has 1 amide bonds. The third-order valence-corrected chi connectivity index (χ3v) is 4.08. The van der Waals surface area contributed by atoms with Gasteiger partial charge in [0.15, 0.2) is 0 Å². The maximum Gasteiger partial charge on any atom is 0.242 e. The number of carbonyl (C=O) groups excluding carboxylic acids is 1. The highest BCUT2D eigenvalue weighted by Crippen LogP contribution is 2.18. The number of aryl methyl sites for hydroxylation is 1. The largest absolute Gasteiger partial charge is 0.362 e. The van der Waals surface area contributed by atoms with Gasteiger partial charge in [-0.25, -0.2) is 0 Å². The van der Waals surface area contributed by atoms with E-state index in [1.807, 2.05) is 4.90 Å². The Labute approximate surface area is 122 Å². The van der Waals surface area contributed by atoms with Crippen LogP contribution in [0.5, 0.6) is 0 Å². The van der Waals surface area contributed by atoms with Crippen LogP contribution in [0.2, 0.25) is 0 Å². The summed E-state index contributed by atoms with van der Waals surface area (Å²) in [6, 6.07) is 8.38. The van der Waals surface area contributed by atoms with Crippen LogP contribution in [0.3, 0.4) is 0 Å². The molecule has 0 radical (unpaired) electrons. The molecule has 3 heteroatoms. The first-order chi connectivity index (χ1) is 9.60. The van der Waals surface area contributed by atoms with Crippen LogP contribution in [-0.4, -0.2) is 37.0 Å². The number of likely N-dealkylation sites (tertiary alicyclic amines) is 1. The molecule has 1 saturated heterocycles. The number of nitrogens with zero attached hydrogens (tertiary/aromatic N) is 2. The molecule has 1 aromatic rings. The number of rotatable bonds is 4. The lowest BCUT2D eigenvalue weighted by Gasteiger charge is -2.33. The SMILES string of the molecule is CCN(CC(=O)N1CCCC(C)C1)c1cccc(C)c1. The number of hydrogen-bond acceptors (Lipinski definition) is 2. The number of amides is 1. The van der Waals surface area contributed by atoms with E-state index < -0.39 is 0 Å². The van der Waals surface area contributed by atoms with E-state index in [9.17, 15) is 4.79 Å². The first-order valence-corrected chi connectivity index (χ1v) is 7.69. The molecule has 1 aliphatic heterocycles. The molecular weight excluding hydrogens is 248 g/mol. The monoisotopic (exact) mass is 274 g/mol. The van der Waals surface area contributed by atoms with Crippen molar-refractivity contribution >= 4 is 11.6 Å². The van der Waals surface area contributed by atoms with Crippen LogP contribution in [-0.2, 0) is 4.79 Å². The third-order valence-electron chi connectivity index (χ3n) is 4.08. The molecule has 20 heavy (non-hydrogen) atoms. The average molecular weight is 274 g/mol. The molecule has 1 unspecified atom stereocenters. The summed E-state index contributed by atoms with van der Waals surface area (Å²) in [5.41, 5.74) is 2.38. The van der Waals surface area contributed by atoms with Crippen LogP contribution < -0.4 is 4.90 Å². The third kappa shape index (κ3) is 3.75. The van der Waals surface area contributed by atoms with Gasteiger partial charge in [0.25, 0.3) is 0 Å². The Kier molecular flexibility index (Phi) is 5.05. The van der Waals surface area contributed by atoms with E-state index in [4.69, 9.17) is 0 Å². The first kappa shape index (κ1) is 14.9. The van der Waals surface area contributed by atoms with Crippen molar-refractivity contribution in [2.45, 2.75) is 33.6 Å². The van der Waals surface area contributed by atoms with Crippen molar-refractivity contribution in [1.29, 1.82) is 0 Å². The van der Waals surface area contributed by atoms with Gasteiger partial charge in [-0.3, -0.25) is 4.79 Å². The number of anilines is 1. The fourth-order valence-electron chi connectivity index (χ4n) is 2.89. The lowest BCUT2D eigenvalue weighted by atomic mass is 10.0. The van der Waals surface area contributed by atoms with Crippen LogP contribution in [0.15, 0.2) is 24.3 Å². The summed E-state index contributed by atoms with van der Waals surface area (Å²) in [5, 5.41) is 0. The lowest BCUT2D eigenvalue weighted by molar-refractivity contribution is -0.131. The molecule has 1 aliphatic rings. The molecule has 0 aromatic heterocycles. The molecule has 3 nitrogen and oxygen atoms in total. The average Bonchev–Trinajstić information content (AvgIpc) is 2.44. The Bertz CT molecular complexity index is 458. The molecule has 1 fully saturated rings. The van der Waals surface area contributed by atoms with E-state index in [-0.39, 0.29) is 5.91 Å². The predicted molar refractivity (Wildman–Crippen MR) is 84.0 cm³/mol. The second-order valence-corrected chi connectivity index (χ2v) is 5.94. The van der Waals surface area contributed by atoms with E-state index in [0.29, 0.717) is 12.5 Å². The van der Waals surface area contributed by atoms with Crippen molar-refractivity contribution < 1.29 is 4.79 Å². The molecule has 0 aliphatic carbocycles. The van der Waals surface area contributed by atoms with Crippen molar-refractivity contribution in [1.82, 2.24) is 4.90 Å². The molecule has 0 bridgehead atoms. The van der Waals surface area contributed by atoms with Crippen molar-refractivity contribution in [3.8, 4) is 0 Å². The minimum Gasteiger partial charge on any atom is -0.362 e. The molecule has 1 heterocycles. The first-order valence-electron chi connectivity index (χ1n) is 7.69. The van der Waals surface area contributed by atoms with E-state index >= 15 is 0 Å². The summed E-state index contributed by atoms with van der Waals surface area (Å²) in [7, 11) is 0. The van der Waals surface area contributed by atoms with Crippen molar-refractivity contribution in [2.24, 2.45) is 5.92 Å². The number of hydrogen-bond donors (Lipinski definition) is 0. The van der Waals surface area contributed by atoms with Gasteiger partial charge < -0.3 is 9.80 Å². The highest BCUT2D eigenvalue weighted by Gasteiger charge is 2.22. The summed E-state index contributed by atoms with van der Waals surface area (Å²) in [6.07, 6.45) is 2.39. The summed E-state index contributed by atoms with van der Waals surface area (Å²) in [4.78, 5) is 16.7. The molecule has 0 N–H and O–H groups in total. The highest BCUT2D eigenvalue weighted by molar-refractivity contribution is 5.81. The van der Waals surface area contributed by atoms with Gasteiger partial charge in [0.2, 0.25) is 5.91 Å². The number of likely N-dealkylation sites (N-methyl/N-ethyl adjacent to an activating group) is 1. The van der Waals surface area contributed by atoms with E-state index in [2.05, 4.69) is 49.9 Å². The normalized spacial score (nSPS) is 18.9. The van der Waals surface area contributed by atoms with Gasteiger partial charge in [-0.2, -0.15) is 0 Å². The molecule has 2 rings (SSSR count). The van der Waals surface area contributed by atoms with Gasteiger partial charge in [-0.05, 0) is 50.3 Å². The zero-order chi connectivity index (χ0) is 14.5. The zero-order valence-electron chi connectivity index (χ0n) is 12.9. The summed E-state index contributed by atoms with van der Waals surface area (Å²) in [6.45, 7) is 9.63. The van der Waals surface area contributed by atoms with Gasteiger partial charge in [-0.1, -0.05) is 19.1 Å². The maximum atomic E-state index is 12.5. The summed E-state index contributed by atoms with van der Waals surface area (Å²) in [5.74, 6) is 0.904. The van der Waals surface area contributed by atoms with Crippen LogP contribution in [0.1, 0.15) is 32.3 Å². The zero-order valence-corrected chi connectivity index (χ0v) is 12.9.